The summed E-state index contributed by atoms with van der Waals surface area (Å²) >= 11 is 10.9. The van der Waals surface area contributed by atoms with Crippen molar-refractivity contribution in [2.24, 2.45) is 5.10 Å². The first-order chi connectivity index (χ1) is 12.4. The third-order valence-electron chi connectivity index (χ3n) is 3.05. The number of anilines is 1. The maximum atomic E-state index is 11.9. The average Bonchev–Trinajstić information content (AvgIpc) is 2.59. The van der Waals surface area contributed by atoms with Gasteiger partial charge in [-0.15, -0.1) is 0 Å². The molecular formula is C16H14ClN4O4S-. The molecule has 2 aromatic carbocycles. The van der Waals surface area contributed by atoms with Crippen LogP contribution in [0.15, 0.2) is 41.5 Å². The lowest BCUT2D eigenvalue weighted by atomic mass is 10.2. The number of hydrogen-bond donors (Lipinski definition) is 2. The summed E-state index contributed by atoms with van der Waals surface area (Å²) < 4.78 is 5.34. The fraction of sp³-hybridized carbons (Fsp3) is 0.125. The van der Waals surface area contributed by atoms with Crippen LogP contribution in [0, 0.1) is 10.1 Å². The van der Waals surface area contributed by atoms with Crippen molar-refractivity contribution in [2.45, 2.75) is 6.92 Å². The predicted octanol–water partition coefficient (Wildman–Crippen LogP) is 3.04. The van der Waals surface area contributed by atoms with Crippen molar-refractivity contribution in [3.8, 4) is 11.5 Å². The molecule has 8 nitrogen and oxygen atoms in total. The molecule has 2 rings (SSSR count). The molecule has 0 saturated heterocycles. The Balaban J connectivity index is 1.99. The molecule has 0 amide bonds. The van der Waals surface area contributed by atoms with Gasteiger partial charge in [0.1, 0.15) is 5.75 Å². The predicted molar refractivity (Wildman–Crippen MR) is 102 cm³/mol. The second-order valence-corrected chi connectivity index (χ2v) is 5.73. The van der Waals surface area contributed by atoms with Gasteiger partial charge in [-0.2, -0.15) is 5.10 Å². The molecule has 0 aliphatic heterocycles. The first kappa shape index (κ1) is 19.4. The molecule has 0 bridgehead atoms. The number of benzene rings is 2. The van der Waals surface area contributed by atoms with Gasteiger partial charge in [-0.1, -0.05) is 11.6 Å². The van der Waals surface area contributed by atoms with E-state index in [2.05, 4.69) is 15.8 Å². The number of nitro benzene ring substituents is 1. The number of rotatable bonds is 6. The third-order valence-corrected chi connectivity index (χ3v) is 3.46. The topological polar surface area (TPSA) is 112 Å². The van der Waals surface area contributed by atoms with Crippen molar-refractivity contribution in [3.63, 3.8) is 0 Å². The number of hydrazone groups is 1. The van der Waals surface area contributed by atoms with Gasteiger partial charge >= 0.3 is 0 Å². The Morgan fingerprint density at radius 3 is 2.69 bits per heavy atom. The number of nitrogens with zero attached hydrogens (tertiary/aromatic N) is 2. The number of nitro groups is 1. The second kappa shape index (κ2) is 8.97. The van der Waals surface area contributed by atoms with Crippen LogP contribution < -0.4 is 20.6 Å². The quantitative estimate of drug-likeness (QED) is 0.335. The number of halogens is 1. The minimum Gasteiger partial charge on any atom is -0.867 e. The smallest absolute Gasteiger partial charge is 0.263 e. The van der Waals surface area contributed by atoms with Crippen LogP contribution in [0.3, 0.4) is 0 Å². The summed E-state index contributed by atoms with van der Waals surface area (Å²) in [7, 11) is 0. The Labute approximate surface area is 159 Å². The normalized spacial score (nSPS) is 10.5. The Morgan fingerprint density at radius 2 is 2.08 bits per heavy atom. The van der Waals surface area contributed by atoms with Gasteiger partial charge in [0.2, 0.25) is 0 Å². The van der Waals surface area contributed by atoms with E-state index in [1.807, 2.05) is 6.92 Å². The van der Waals surface area contributed by atoms with E-state index in [4.69, 9.17) is 28.6 Å². The first-order valence-corrected chi connectivity index (χ1v) is 8.17. The van der Waals surface area contributed by atoms with E-state index >= 15 is 0 Å². The van der Waals surface area contributed by atoms with E-state index in [-0.39, 0.29) is 15.7 Å². The van der Waals surface area contributed by atoms with Crippen LogP contribution in [0.1, 0.15) is 12.5 Å². The number of ether oxygens (including phenoxy) is 1. The van der Waals surface area contributed by atoms with Crippen LogP contribution in [0.5, 0.6) is 11.5 Å². The highest BCUT2D eigenvalue weighted by Gasteiger charge is 2.11. The van der Waals surface area contributed by atoms with E-state index in [1.54, 1.807) is 24.3 Å². The zero-order valence-electron chi connectivity index (χ0n) is 13.6. The molecule has 26 heavy (non-hydrogen) atoms. The second-order valence-electron chi connectivity index (χ2n) is 4.88. The highest BCUT2D eigenvalue weighted by Crippen LogP contribution is 2.29. The van der Waals surface area contributed by atoms with Gasteiger partial charge in [0.25, 0.3) is 5.69 Å². The van der Waals surface area contributed by atoms with E-state index in [1.165, 1.54) is 6.07 Å². The zero-order valence-corrected chi connectivity index (χ0v) is 15.1. The van der Waals surface area contributed by atoms with Gasteiger partial charge in [-0.25, -0.2) is 0 Å². The van der Waals surface area contributed by atoms with Crippen LogP contribution in [0.2, 0.25) is 5.02 Å². The summed E-state index contributed by atoms with van der Waals surface area (Å²) in [6, 6.07) is 9.40. The fourth-order valence-corrected chi connectivity index (χ4v) is 2.34. The van der Waals surface area contributed by atoms with Crippen molar-refractivity contribution >= 4 is 46.5 Å². The molecule has 0 unspecified atom stereocenters. The van der Waals surface area contributed by atoms with Gasteiger partial charge in [0, 0.05) is 16.8 Å². The van der Waals surface area contributed by atoms with Crippen molar-refractivity contribution < 1.29 is 14.8 Å². The monoisotopic (exact) mass is 393 g/mol. The molecule has 0 radical (unpaired) electrons. The van der Waals surface area contributed by atoms with Crippen LogP contribution in [-0.2, 0) is 0 Å². The Morgan fingerprint density at radius 1 is 1.38 bits per heavy atom. The van der Waals surface area contributed by atoms with E-state index in [0.717, 1.165) is 18.0 Å². The minimum absolute atomic E-state index is 0.0273. The molecule has 0 aliphatic rings. The summed E-state index contributed by atoms with van der Waals surface area (Å²) in [4.78, 5) is 10.0. The lowest BCUT2D eigenvalue weighted by molar-refractivity contribution is -0.398. The highest BCUT2D eigenvalue weighted by atomic mass is 35.5. The van der Waals surface area contributed by atoms with Crippen LogP contribution in [0.4, 0.5) is 11.4 Å². The summed E-state index contributed by atoms with van der Waals surface area (Å²) in [6.45, 7) is 2.47. The molecule has 2 N–H and O–H groups in total. The number of hydrogen-bond acceptors (Lipinski definition) is 6. The minimum atomic E-state index is -0.795. The summed E-state index contributed by atoms with van der Waals surface area (Å²) in [5, 5.41) is 29.7. The lowest BCUT2D eigenvalue weighted by Crippen LogP contribution is -2.23. The van der Waals surface area contributed by atoms with Gasteiger partial charge in [0.05, 0.1) is 17.7 Å². The van der Waals surface area contributed by atoms with Crippen molar-refractivity contribution in [1.29, 1.82) is 0 Å². The van der Waals surface area contributed by atoms with Crippen LogP contribution >= 0.6 is 23.8 Å². The molecule has 0 fully saturated rings. The number of thiocarbonyl (C=S) groups is 1. The molecule has 0 saturated carbocycles. The Hall–Kier alpha value is -2.91. The molecule has 10 heteroatoms. The van der Waals surface area contributed by atoms with Crippen LogP contribution in [-0.4, -0.2) is 22.9 Å². The molecule has 0 aliphatic carbocycles. The number of nitrogens with one attached hydrogen (secondary N) is 2. The van der Waals surface area contributed by atoms with E-state index in [0.29, 0.717) is 12.3 Å². The van der Waals surface area contributed by atoms with Crippen LogP contribution in [0.25, 0.3) is 0 Å². The highest BCUT2D eigenvalue weighted by molar-refractivity contribution is 7.80. The van der Waals surface area contributed by atoms with Crippen molar-refractivity contribution in [1.82, 2.24) is 5.43 Å². The summed E-state index contributed by atoms with van der Waals surface area (Å²) in [5.74, 6) is -0.0455. The van der Waals surface area contributed by atoms with Gasteiger partial charge in [-0.05, 0) is 60.8 Å². The van der Waals surface area contributed by atoms with Gasteiger partial charge in [0.15, 0.2) is 5.11 Å². The molecular weight excluding hydrogens is 380 g/mol. The molecule has 0 atom stereocenters. The molecule has 136 valence electrons. The summed E-state index contributed by atoms with van der Waals surface area (Å²) in [6.07, 6.45) is 1.12. The van der Waals surface area contributed by atoms with Crippen molar-refractivity contribution in [3.05, 3.63) is 57.1 Å². The molecule has 0 aromatic heterocycles. The maximum absolute atomic E-state index is 11.9. The zero-order chi connectivity index (χ0) is 19.1. The van der Waals surface area contributed by atoms with Gasteiger partial charge in [-0.3, -0.25) is 15.5 Å². The van der Waals surface area contributed by atoms with E-state index < -0.39 is 16.4 Å². The molecule has 0 heterocycles. The van der Waals surface area contributed by atoms with Gasteiger partial charge < -0.3 is 15.2 Å². The summed E-state index contributed by atoms with van der Waals surface area (Å²) in [5.41, 5.74) is 2.59. The fourth-order valence-electron chi connectivity index (χ4n) is 1.95. The third kappa shape index (κ3) is 5.30. The maximum Gasteiger partial charge on any atom is 0.263 e. The van der Waals surface area contributed by atoms with Crippen molar-refractivity contribution in [2.75, 3.05) is 11.9 Å². The Kier molecular flexibility index (Phi) is 6.70. The molecule has 2 aromatic rings. The SMILES string of the molecule is CCOc1ccc(NC(=S)N/N=C\c2cc(Cl)cc([N+](=O)[O-])c2[O-])cc1. The largest absolute Gasteiger partial charge is 0.867 e. The molecule has 0 spiro atoms. The standard InChI is InChI=1S/C16H15ClN4O4S/c1-2-25-13-5-3-12(4-6-13)19-16(26)20-18-9-10-7-11(17)8-14(15(10)22)21(23)24/h3-9,22H,2H2,1H3,(H2,19,20,26)/p-1/b18-9-. The first-order valence-electron chi connectivity index (χ1n) is 7.38. The average molecular weight is 394 g/mol. The lowest BCUT2D eigenvalue weighted by Gasteiger charge is -2.11. The van der Waals surface area contributed by atoms with E-state index in [9.17, 15) is 15.2 Å². The Bertz CT molecular complexity index is 843.